The van der Waals surface area contributed by atoms with Crippen LogP contribution in [-0.2, 0) is 4.74 Å². The number of hydrogen-bond donors (Lipinski definition) is 1. The zero-order valence-electron chi connectivity index (χ0n) is 11.4. The van der Waals surface area contributed by atoms with Gasteiger partial charge in [0.2, 0.25) is 0 Å². The van der Waals surface area contributed by atoms with Crippen molar-refractivity contribution in [2.24, 2.45) is 0 Å². The fraction of sp³-hybridized carbons (Fsp3) is 0.429. The van der Waals surface area contributed by atoms with E-state index in [1.807, 2.05) is 11.8 Å². The third-order valence-corrected chi connectivity index (χ3v) is 3.59. The van der Waals surface area contributed by atoms with E-state index >= 15 is 0 Å². The van der Waals surface area contributed by atoms with Crippen molar-refractivity contribution >= 4 is 23.1 Å². The smallest absolute Gasteiger partial charge is 0.338 e. The van der Waals surface area contributed by atoms with E-state index in [1.54, 1.807) is 19.1 Å². The number of anilines is 1. The Labute approximate surface area is 116 Å². The van der Waals surface area contributed by atoms with Crippen LogP contribution in [0, 0.1) is 6.92 Å². The van der Waals surface area contributed by atoms with Gasteiger partial charge < -0.3 is 19.2 Å². The molecule has 0 aliphatic carbocycles. The third kappa shape index (κ3) is 2.02. The van der Waals surface area contributed by atoms with Crippen LogP contribution in [0.15, 0.2) is 16.5 Å². The average Bonchev–Trinajstić information content (AvgIpc) is 2.82. The first-order valence-corrected chi connectivity index (χ1v) is 6.55. The molecule has 1 N–H and O–H groups in total. The van der Waals surface area contributed by atoms with Crippen LogP contribution in [0.2, 0.25) is 0 Å². The Morgan fingerprint density at radius 3 is 3.00 bits per heavy atom. The molecule has 2 aromatic rings. The summed E-state index contributed by atoms with van der Waals surface area (Å²) in [7, 11) is 0. The first-order chi connectivity index (χ1) is 9.58. The lowest BCUT2D eigenvalue weighted by atomic mass is 10.1. The molecule has 0 radical (unpaired) electrons. The van der Waals surface area contributed by atoms with Crippen LogP contribution in [0.4, 0.5) is 6.01 Å². The monoisotopic (exact) mass is 276 g/mol. The Morgan fingerprint density at radius 1 is 1.50 bits per heavy atom. The van der Waals surface area contributed by atoms with Crippen molar-refractivity contribution in [3.8, 4) is 0 Å². The maximum Gasteiger partial charge on any atom is 0.338 e. The summed E-state index contributed by atoms with van der Waals surface area (Å²) in [6, 6.07) is 4.12. The van der Waals surface area contributed by atoms with E-state index < -0.39 is 5.97 Å². The molecule has 20 heavy (non-hydrogen) atoms. The van der Waals surface area contributed by atoms with Gasteiger partial charge in [-0.1, -0.05) is 6.07 Å². The molecule has 0 amide bonds. The minimum Gasteiger partial charge on any atom is -0.478 e. The molecule has 6 nitrogen and oxygen atoms in total. The first kappa shape index (κ1) is 12.9. The van der Waals surface area contributed by atoms with Crippen molar-refractivity contribution in [2.75, 3.05) is 24.7 Å². The van der Waals surface area contributed by atoms with Crippen molar-refractivity contribution in [3.63, 3.8) is 0 Å². The zero-order valence-corrected chi connectivity index (χ0v) is 11.4. The highest BCUT2D eigenvalue weighted by Crippen LogP contribution is 2.28. The van der Waals surface area contributed by atoms with Gasteiger partial charge in [-0.2, -0.15) is 4.98 Å². The molecule has 0 unspecified atom stereocenters. The number of nitrogens with zero attached hydrogens (tertiary/aromatic N) is 2. The summed E-state index contributed by atoms with van der Waals surface area (Å²) in [6.07, 6.45) is 0. The van der Waals surface area contributed by atoms with Gasteiger partial charge in [-0.3, -0.25) is 0 Å². The van der Waals surface area contributed by atoms with Crippen LogP contribution >= 0.6 is 0 Å². The number of fused-ring (bicyclic) bond motifs is 1. The Hall–Kier alpha value is -2.08. The molecule has 0 saturated carbocycles. The second kappa shape index (κ2) is 4.79. The Balaban J connectivity index is 2.10. The van der Waals surface area contributed by atoms with Gasteiger partial charge in [0.25, 0.3) is 6.01 Å². The van der Waals surface area contributed by atoms with Crippen LogP contribution in [-0.4, -0.2) is 41.9 Å². The molecule has 3 rings (SSSR count). The van der Waals surface area contributed by atoms with Crippen molar-refractivity contribution in [3.05, 3.63) is 23.3 Å². The number of hydrogen-bond acceptors (Lipinski definition) is 5. The van der Waals surface area contributed by atoms with E-state index in [1.165, 1.54) is 0 Å². The first-order valence-electron chi connectivity index (χ1n) is 6.55. The summed E-state index contributed by atoms with van der Waals surface area (Å²) in [4.78, 5) is 17.8. The SMILES string of the molecule is Cc1ccc2oc(N3CCOC[C@@H]3C)nc2c1C(=O)O. The lowest BCUT2D eigenvalue weighted by Crippen LogP contribution is -2.43. The summed E-state index contributed by atoms with van der Waals surface area (Å²) in [6.45, 7) is 5.71. The van der Waals surface area contributed by atoms with Crippen molar-refractivity contribution in [2.45, 2.75) is 19.9 Å². The van der Waals surface area contributed by atoms with Gasteiger partial charge in [0.15, 0.2) is 5.58 Å². The number of ether oxygens (including phenoxy) is 1. The van der Waals surface area contributed by atoms with E-state index in [0.717, 1.165) is 0 Å². The maximum atomic E-state index is 11.4. The van der Waals surface area contributed by atoms with Crippen LogP contribution in [0.25, 0.3) is 11.1 Å². The maximum absolute atomic E-state index is 11.4. The van der Waals surface area contributed by atoms with E-state index in [-0.39, 0.29) is 11.6 Å². The topological polar surface area (TPSA) is 75.8 Å². The number of carbonyl (C=O) groups is 1. The molecule has 1 saturated heterocycles. The fourth-order valence-corrected chi connectivity index (χ4v) is 2.49. The molecular formula is C14H16N2O4. The molecule has 1 aromatic heterocycles. The van der Waals surface area contributed by atoms with Crippen molar-refractivity contribution in [1.29, 1.82) is 0 Å². The number of aromatic nitrogens is 1. The molecule has 106 valence electrons. The molecule has 2 heterocycles. The van der Waals surface area contributed by atoms with Gasteiger partial charge in [0.1, 0.15) is 5.52 Å². The van der Waals surface area contributed by atoms with Crippen LogP contribution in [0.1, 0.15) is 22.8 Å². The number of benzene rings is 1. The Kier molecular flexibility index (Phi) is 3.10. The number of carboxylic acid groups (broad SMARTS) is 1. The lowest BCUT2D eigenvalue weighted by Gasteiger charge is -2.31. The molecule has 0 spiro atoms. The normalized spacial score (nSPS) is 19.5. The van der Waals surface area contributed by atoms with Gasteiger partial charge in [-0.15, -0.1) is 0 Å². The standard InChI is InChI=1S/C14H16N2O4/c1-8-3-4-10-12(11(8)13(17)18)15-14(20-10)16-5-6-19-7-9(16)2/h3-4,9H,5-7H2,1-2H3,(H,17,18)/t9-/m0/s1. The van der Waals surface area contributed by atoms with Crippen molar-refractivity contribution in [1.82, 2.24) is 4.98 Å². The molecule has 6 heteroatoms. The van der Waals surface area contributed by atoms with Gasteiger partial charge in [-0.25, -0.2) is 4.79 Å². The molecule has 1 aromatic carbocycles. The highest BCUT2D eigenvalue weighted by molar-refractivity contribution is 6.02. The number of aryl methyl sites for hydroxylation is 1. The molecule has 1 atom stereocenters. The molecule has 1 fully saturated rings. The third-order valence-electron chi connectivity index (χ3n) is 3.59. The predicted molar refractivity (Wildman–Crippen MR) is 73.3 cm³/mol. The van der Waals surface area contributed by atoms with E-state index in [4.69, 9.17) is 9.15 Å². The zero-order chi connectivity index (χ0) is 14.3. The number of carboxylic acids is 1. The molecule has 1 aliphatic heterocycles. The molecular weight excluding hydrogens is 260 g/mol. The number of rotatable bonds is 2. The number of morpholine rings is 1. The highest BCUT2D eigenvalue weighted by atomic mass is 16.5. The van der Waals surface area contributed by atoms with E-state index in [9.17, 15) is 9.90 Å². The Morgan fingerprint density at radius 2 is 2.30 bits per heavy atom. The van der Waals surface area contributed by atoms with Gasteiger partial charge in [-0.05, 0) is 25.5 Å². The second-order valence-electron chi connectivity index (χ2n) is 5.02. The summed E-state index contributed by atoms with van der Waals surface area (Å²) in [5, 5.41) is 9.32. The predicted octanol–water partition coefficient (Wildman–Crippen LogP) is 2.06. The Bertz CT molecular complexity index is 664. The van der Waals surface area contributed by atoms with Crippen LogP contribution in [0.5, 0.6) is 0 Å². The van der Waals surface area contributed by atoms with E-state index in [0.29, 0.717) is 42.4 Å². The summed E-state index contributed by atoms with van der Waals surface area (Å²) >= 11 is 0. The summed E-state index contributed by atoms with van der Waals surface area (Å²) in [5.41, 5.74) is 1.80. The van der Waals surface area contributed by atoms with Gasteiger partial charge in [0.05, 0.1) is 24.8 Å². The quantitative estimate of drug-likeness (QED) is 0.904. The fourth-order valence-electron chi connectivity index (χ4n) is 2.49. The van der Waals surface area contributed by atoms with Gasteiger partial charge in [0, 0.05) is 6.54 Å². The lowest BCUT2D eigenvalue weighted by molar-refractivity contribution is 0.0698. The summed E-state index contributed by atoms with van der Waals surface area (Å²) < 4.78 is 11.1. The largest absolute Gasteiger partial charge is 0.478 e. The van der Waals surface area contributed by atoms with Gasteiger partial charge >= 0.3 is 5.97 Å². The number of aromatic carboxylic acids is 1. The molecule has 0 bridgehead atoms. The average molecular weight is 276 g/mol. The minimum absolute atomic E-state index is 0.159. The van der Waals surface area contributed by atoms with Crippen LogP contribution in [0.3, 0.4) is 0 Å². The summed E-state index contributed by atoms with van der Waals surface area (Å²) in [5.74, 6) is -0.983. The van der Waals surface area contributed by atoms with Crippen LogP contribution < -0.4 is 4.90 Å². The molecule has 1 aliphatic rings. The second-order valence-corrected chi connectivity index (χ2v) is 5.02. The van der Waals surface area contributed by atoms with E-state index in [2.05, 4.69) is 4.98 Å². The van der Waals surface area contributed by atoms with Crippen molar-refractivity contribution < 1.29 is 19.1 Å². The minimum atomic E-state index is -0.983. The highest BCUT2D eigenvalue weighted by Gasteiger charge is 2.25. The number of oxazole rings is 1.